The van der Waals surface area contributed by atoms with Crippen LogP contribution in [0.4, 0.5) is 0 Å². The Labute approximate surface area is 70.5 Å². The van der Waals surface area contributed by atoms with Crippen molar-refractivity contribution in [3.05, 3.63) is 0 Å². The van der Waals surface area contributed by atoms with E-state index in [-0.39, 0.29) is 29.6 Å². The average molecular weight is 136 g/mol. The van der Waals surface area contributed by atoms with Gasteiger partial charge in [0, 0.05) is 41.3 Å². The van der Waals surface area contributed by atoms with Crippen molar-refractivity contribution in [2.75, 3.05) is 11.8 Å². The number of halogens is 2. The first-order valence-electron chi connectivity index (χ1n) is 1.53. The quantitative estimate of drug-likeness (QED) is 0.398. The van der Waals surface area contributed by atoms with E-state index in [1.165, 1.54) is 0 Å². The molecule has 0 spiro atoms. The zero-order valence-corrected chi connectivity index (χ0v) is 7.39. The van der Waals surface area contributed by atoms with Crippen LogP contribution in [0.2, 0.25) is 0 Å². The molecule has 0 amide bonds. The van der Waals surface area contributed by atoms with Crippen LogP contribution in [0.3, 0.4) is 0 Å². The summed E-state index contributed by atoms with van der Waals surface area (Å²) in [4.78, 5) is 0. The molecule has 1 radical (unpaired) electrons. The third-order valence-electron chi connectivity index (χ3n) is 0.267. The molecule has 0 N–H and O–H groups in total. The van der Waals surface area contributed by atoms with Gasteiger partial charge in [-0.05, 0) is 6.42 Å². The maximum Gasteiger partial charge on any atom is 0.0234 e. The van der Waals surface area contributed by atoms with Gasteiger partial charge in [-0.15, -0.1) is 23.2 Å². The van der Waals surface area contributed by atoms with Crippen LogP contribution in [-0.2, 0) is 0 Å². The van der Waals surface area contributed by atoms with Crippen LogP contribution in [0, 0.1) is 0 Å². The Morgan fingerprint density at radius 3 is 1.33 bits per heavy atom. The summed E-state index contributed by atoms with van der Waals surface area (Å²) in [5, 5.41) is 0. The van der Waals surface area contributed by atoms with E-state index < -0.39 is 0 Å². The van der Waals surface area contributed by atoms with Gasteiger partial charge >= 0.3 is 0 Å². The van der Waals surface area contributed by atoms with E-state index >= 15 is 0 Å². The summed E-state index contributed by atoms with van der Waals surface area (Å²) < 4.78 is 0. The number of hydrogen-bond donors (Lipinski definition) is 0. The molecule has 0 nitrogen and oxygen atoms in total. The second-order valence-corrected chi connectivity index (χ2v) is 1.49. The number of rotatable bonds is 2. The molecule has 0 unspecified atom stereocenters. The van der Waals surface area contributed by atoms with Gasteiger partial charge in [0.25, 0.3) is 0 Å². The second kappa shape index (κ2) is 9.77. The van der Waals surface area contributed by atoms with Crippen LogP contribution in [0.15, 0.2) is 0 Å². The predicted octanol–water partition coefficient (Wildman–Crippen LogP) is 1.47. The zero-order valence-electron chi connectivity index (χ0n) is 3.88. The third-order valence-corrected chi connectivity index (χ3v) is 0.802. The van der Waals surface area contributed by atoms with Crippen molar-refractivity contribution in [3.8, 4) is 0 Å². The van der Waals surface area contributed by atoms with Gasteiger partial charge in [-0.2, -0.15) is 0 Å². The van der Waals surface area contributed by atoms with Crippen molar-refractivity contribution in [1.29, 1.82) is 0 Å². The van der Waals surface area contributed by atoms with Crippen LogP contribution in [0.5, 0.6) is 0 Å². The summed E-state index contributed by atoms with van der Waals surface area (Å²) in [6, 6.07) is 0. The minimum atomic E-state index is 0. The smallest absolute Gasteiger partial charge is 0.0234 e. The molecule has 0 heterocycles. The summed E-state index contributed by atoms with van der Waals surface area (Å²) in [6.07, 6.45) is 0.920. The Morgan fingerprint density at radius 2 is 1.33 bits per heavy atom. The van der Waals surface area contributed by atoms with Gasteiger partial charge in [0.05, 0.1) is 0 Å². The molecule has 0 rings (SSSR count). The van der Waals surface area contributed by atoms with Gasteiger partial charge in [0.1, 0.15) is 0 Å². The molecule has 0 fully saturated rings. The Bertz CT molecular complexity index is 16.3. The molecule has 6 heavy (non-hydrogen) atoms. The van der Waals surface area contributed by atoms with Crippen molar-refractivity contribution in [3.63, 3.8) is 0 Å². The van der Waals surface area contributed by atoms with Gasteiger partial charge in [0.2, 0.25) is 0 Å². The number of hydrogen-bond acceptors (Lipinski definition) is 0. The predicted molar refractivity (Wildman–Crippen MR) is 31.8 cm³/mol. The minimum Gasteiger partial charge on any atom is -0.127 e. The largest absolute Gasteiger partial charge is 0.127 e. The van der Waals surface area contributed by atoms with Crippen LogP contribution in [0.1, 0.15) is 6.42 Å². The Kier molecular flexibility index (Phi) is 17.2. The molecule has 0 aromatic rings. The SMILES string of the molecule is ClCCCCl.[Na]. The van der Waals surface area contributed by atoms with E-state index in [1.807, 2.05) is 0 Å². The van der Waals surface area contributed by atoms with Crippen LogP contribution in [0.25, 0.3) is 0 Å². The van der Waals surface area contributed by atoms with E-state index in [9.17, 15) is 0 Å². The molecular formula is C3H6Cl2Na. The standard InChI is InChI=1S/C3H6Cl2.Na/c4-2-1-3-5;/h1-3H2;. The van der Waals surface area contributed by atoms with Gasteiger partial charge in [-0.3, -0.25) is 0 Å². The van der Waals surface area contributed by atoms with Crippen molar-refractivity contribution in [2.45, 2.75) is 6.42 Å². The average Bonchev–Trinajstić information content (AvgIpc) is 1.41. The fourth-order valence-electron chi connectivity index (χ4n) is 0.0505. The van der Waals surface area contributed by atoms with Crippen molar-refractivity contribution >= 4 is 52.8 Å². The molecule has 0 aromatic carbocycles. The molecule has 3 heteroatoms. The van der Waals surface area contributed by atoms with Crippen molar-refractivity contribution in [1.82, 2.24) is 0 Å². The van der Waals surface area contributed by atoms with Gasteiger partial charge in [-0.1, -0.05) is 0 Å². The fraction of sp³-hybridized carbons (Fsp3) is 1.00. The molecule has 33 valence electrons. The maximum absolute atomic E-state index is 5.22. The Balaban J connectivity index is 0. The van der Waals surface area contributed by atoms with Gasteiger partial charge < -0.3 is 0 Å². The Hall–Kier alpha value is 1.58. The zero-order chi connectivity index (χ0) is 4.12. The molecule has 0 saturated carbocycles. The first-order valence-corrected chi connectivity index (χ1v) is 2.60. The first kappa shape index (κ1) is 10.5. The van der Waals surface area contributed by atoms with E-state index in [0.29, 0.717) is 11.8 Å². The summed E-state index contributed by atoms with van der Waals surface area (Å²) in [6.45, 7) is 0. The van der Waals surface area contributed by atoms with E-state index in [2.05, 4.69) is 0 Å². The van der Waals surface area contributed by atoms with Crippen LogP contribution >= 0.6 is 23.2 Å². The molecule has 0 saturated heterocycles. The molecule has 0 aliphatic carbocycles. The molecule has 0 aliphatic rings. The van der Waals surface area contributed by atoms with E-state index in [1.54, 1.807) is 0 Å². The topological polar surface area (TPSA) is 0 Å². The molecule has 0 bridgehead atoms. The van der Waals surface area contributed by atoms with Gasteiger partial charge in [-0.25, -0.2) is 0 Å². The normalized spacial score (nSPS) is 7.00. The molecule has 0 atom stereocenters. The minimum absolute atomic E-state index is 0. The fourth-order valence-corrected chi connectivity index (χ4v) is 0.455. The van der Waals surface area contributed by atoms with Crippen molar-refractivity contribution < 1.29 is 0 Å². The summed E-state index contributed by atoms with van der Waals surface area (Å²) in [5.41, 5.74) is 0. The van der Waals surface area contributed by atoms with Crippen molar-refractivity contribution in [2.24, 2.45) is 0 Å². The summed E-state index contributed by atoms with van der Waals surface area (Å²) >= 11 is 10.4. The van der Waals surface area contributed by atoms with Gasteiger partial charge in [0.15, 0.2) is 0 Å². The molecule has 0 aliphatic heterocycles. The molecule has 0 aromatic heterocycles. The number of alkyl halides is 2. The monoisotopic (exact) mass is 135 g/mol. The summed E-state index contributed by atoms with van der Waals surface area (Å²) in [5.74, 6) is 1.37. The van der Waals surface area contributed by atoms with Crippen LogP contribution < -0.4 is 0 Å². The molecular weight excluding hydrogens is 130 g/mol. The van der Waals surface area contributed by atoms with E-state index in [0.717, 1.165) is 6.42 Å². The second-order valence-electron chi connectivity index (χ2n) is 0.732. The Morgan fingerprint density at radius 1 is 1.00 bits per heavy atom. The maximum atomic E-state index is 5.22. The first-order chi connectivity index (χ1) is 2.41. The van der Waals surface area contributed by atoms with E-state index in [4.69, 9.17) is 23.2 Å². The third kappa shape index (κ3) is 9.13. The van der Waals surface area contributed by atoms with Crippen LogP contribution in [-0.4, -0.2) is 41.3 Å². The summed E-state index contributed by atoms with van der Waals surface area (Å²) in [7, 11) is 0.